The smallest absolute Gasteiger partial charge is 0.317 e. The minimum Gasteiger partial charge on any atom is -0.336 e. The summed E-state index contributed by atoms with van der Waals surface area (Å²) in [7, 11) is 0. The van der Waals surface area contributed by atoms with Gasteiger partial charge in [-0.1, -0.05) is 19.1 Å². The van der Waals surface area contributed by atoms with E-state index in [1.807, 2.05) is 11.0 Å². The number of urea groups is 1. The van der Waals surface area contributed by atoms with Crippen LogP contribution in [0.3, 0.4) is 0 Å². The third-order valence-electron chi connectivity index (χ3n) is 4.86. The molecule has 2 saturated heterocycles. The van der Waals surface area contributed by atoms with E-state index in [4.69, 9.17) is 4.98 Å². The third kappa shape index (κ3) is 2.57. The summed E-state index contributed by atoms with van der Waals surface area (Å²) in [5, 5.41) is 2.94. The average Bonchev–Trinajstić information content (AvgIpc) is 3.09. The lowest BCUT2D eigenvalue weighted by molar-refractivity contribution is 0.114. The Morgan fingerprint density at radius 1 is 1.30 bits per heavy atom. The van der Waals surface area contributed by atoms with Crippen LogP contribution in [-0.4, -0.2) is 57.6 Å². The summed E-state index contributed by atoms with van der Waals surface area (Å²) in [5.74, 6) is 1.14. The number of hydrogen-bond donors (Lipinski definition) is 1. The van der Waals surface area contributed by atoms with E-state index in [0.717, 1.165) is 57.0 Å². The lowest BCUT2D eigenvalue weighted by Crippen LogP contribution is -2.51. The highest BCUT2D eigenvalue weighted by molar-refractivity contribution is 5.77. The van der Waals surface area contributed by atoms with Gasteiger partial charge in [-0.25, -0.2) is 9.78 Å². The van der Waals surface area contributed by atoms with Gasteiger partial charge in [0.1, 0.15) is 5.82 Å². The molecule has 0 saturated carbocycles. The van der Waals surface area contributed by atoms with E-state index in [2.05, 4.69) is 39.9 Å². The van der Waals surface area contributed by atoms with Crippen LogP contribution in [0.25, 0.3) is 11.0 Å². The number of nitrogens with one attached hydrogen (secondary N) is 1. The van der Waals surface area contributed by atoms with Crippen molar-refractivity contribution in [2.24, 2.45) is 0 Å². The van der Waals surface area contributed by atoms with Crippen molar-refractivity contribution < 1.29 is 4.79 Å². The SMILES string of the molecule is CCCn1c(CN2CCN3C(=O)NC[C@H]3C2)nc2ccccc21. The minimum absolute atomic E-state index is 0.0906. The van der Waals surface area contributed by atoms with E-state index in [0.29, 0.717) is 6.04 Å². The first-order valence-electron chi connectivity index (χ1n) is 8.47. The lowest BCUT2D eigenvalue weighted by Gasteiger charge is -2.36. The largest absolute Gasteiger partial charge is 0.336 e. The molecule has 1 aromatic heterocycles. The van der Waals surface area contributed by atoms with Gasteiger partial charge in [0.2, 0.25) is 0 Å². The molecule has 1 atom stereocenters. The molecule has 0 spiro atoms. The number of carbonyl (C=O) groups excluding carboxylic acids is 1. The fraction of sp³-hybridized carbons (Fsp3) is 0.529. The summed E-state index contributed by atoms with van der Waals surface area (Å²) in [6.45, 7) is 7.47. The van der Waals surface area contributed by atoms with Gasteiger partial charge in [0, 0.05) is 32.7 Å². The minimum atomic E-state index is 0.0906. The Hall–Kier alpha value is -2.08. The van der Waals surface area contributed by atoms with Gasteiger partial charge in [0.25, 0.3) is 0 Å². The van der Waals surface area contributed by atoms with Crippen LogP contribution in [0.1, 0.15) is 19.2 Å². The first-order valence-corrected chi connectivity index (χ1v) is 8.47. The van der Waals surface area contributed by atoms with Crippen LogP contribution in [0.4, 0.5) is 4.79 Å². The van der Waals surface area contributed by atoms with E-state index in [1.165, 1.54) is 5.52 Å². The number of amides is 2. The van der Waals surface area contributed by atoms with Crippen LogP contribution in [0.2, 0.25) is 0 Å². The molecule has 122 valence electrons. The number of aromatic nitrogens is 2. The van der Waals surface area contributed by atoms with Crippen LogP contribution in [-0.2, 0) is 13.1 Å². The molecule has 0 unspecified atom stereocenters. The molecular formula is C17H23N5O. The molecule has 1 N–H and O–H groups in total. The second-order valence-electron chi connectivity index (χ2n) is 6.44. The van der Waals surface area contributed by atoms with E-state index in [1.54, 1.807) is 0 Å². The number of benzene rings is 1. The molecular weight excluding hydrogens is 290 g/mol. The molecule has 2 aliphatic rings. The predicted octanol–water partition coefficient (Wildman–Crippen LogP) is 1.66. The third-order valence-corrected chi connectivity index (χ3v) is 4.86. The van der Waals surface area contributed by atoms with Crippen molar-refractivity contribution in [3.8, 4) is 0 Å². The number of para-hydroxylation sites is 2. The van der Waals surface area contributed by atoms with Gasteiger partial charge in [-0.15, -0.1) is 0 Å². The van der Waals surface area contributed by atoms with Crippen molar-refractivity contribution in [2.75, 3.05) is 26.2 Å². The molecule has 4 rings (SSSR count). The number of carbonyl (C=O) groups is 1. The Labute approximate surface area is 136 Å². The average molecular weight is 313 g/mol. The molecule has 0 radical (unpaired) electrons. The maximum absolute atomic E-state index is 11.7. The van der Waals surface area contributed by atoms with E-state index in [9.17, 15) is 4.79 Å². The zero-order valence-electron chi connectivity index (χ0n) is 13.5. The van der Waals surface area contributed by atoms with Crippen molar-refractivity contribution in [3.63, 3.8) is 0 Å². The summed E-state index contributed by atoms with van der Waals surface area (Å²) in [6.07, 6.45) is 1.10. The Kier molecular flexibility index (Phi) is 3.69. The molecule has 2 aliphatic heterocycles. The van der Waals surface area contributed by atoms with Gasteiger partial charge >= 0.3 is 6.03 Å². The summed E-state index contributed by atoms with van der Waals surface area (Å²) < 4.78 is 2.35. The van der Waals surface area contributed by atoms with Crippen LogP contribution >= 0.6 is 0 Å². The first kappa shape index (κ1) is 14.5. The van der Waals surface area contributed by atoms with Gasteiger partial charge in [-0.2, -0.15) is 0 Å². The summed E-state index contributed by atoms with van der Waals surface area (Å²) >= 11 is 0. The number of rotatable bonds is 4. The van der Waals surface area contributed by atoms with Crippen molar-refractivity contribution in [1.82, 2.24) is 24.7 Å². The normalized spacial score (nSPS) is 21.7. The second-order valence-corrected chi connectivity index (χ2v) is 6.44. The molecule has 2 aromatic rings. The number of piperazine rings is 1. The fourth-order valence-corrected chi connectivity index (χ4v) is 3.73. The zero-order chi connectivity index (χ0) is 15.8. The van der Waals surface area contributed by atoms with Gasteiger partial charge in [-0.3, -0.25) is 4.90 Å². The molecule has 2 fully saturated rings. The number of imidazole rings is 1. The van der Waals surface area contributed by atoms with Gasteiger partial charge < -0.3 is 14.8 Å². The maximum atomic E-state index is 11.7. The molecule has 2 amide bonds. The maximum Gasteiger partial charge on any atom is 0.317 e. The van der Waals surface area contributed by atoms with E-state index < -0.39 is 0 Å². The van der Waals surface area contributed by atoms with Crippen molar-refractivity contribution in [2.45, 2.75) is 32.5 Å². The molecule has 3 heterocycles. The van der Waals surface area contributed by atoms with Crippen LogP contribution in [0, 0.1) is 0 Å². The molecule has 1 aromatic carbocycles. The van der Waals surface area contributed by atoms with Crippen LogP contribution < -0.4 is 5.32 Å². The van der Waals surface area contributed by atoms with E-state index >= 15 is 0 Å². The van der Waals surface area contributed by atoms with Crippen LogP contribution in [0.15, 0.2) is 24.3 Å². The Morgan fingerprint density at radius 2 is 2.17 bits per heavy atom. The van der Waals surface area contributed by atoms with Gasteiger partial charge in [0.05, 0.1) is 23.6 Å². The Balaban J connectivity index is 1.56. The highest BCUT2D eigenvalue weighted by atomic mass is 16.2. The zero-order valence-corrected chi connectivity index (χ0v) is 13.5. The molecule has 6 heteroatoms. The molecule has 0 aliphatic carbocycles. The predicted molar refractivity (Wildman–Crippen MR) is 89.2 cm³/mol. The monoisotopic (exact) mass is 313 g/mol. The topological polar surface area (TPSA) is 53.4 Å². The number of hydrogen-bond acceptors (Lipinski definition) is 3. The van der Waals surface area contributed by atoms with E-state index in [-0.39, 0.29) is 6.03 Å². The van der Waals surface area contributed by atoms with Crippen molar-refractivity contribution in [1.29, 1.82) is 0 Å². The highest BCUT2D eigenvalue weighted by Crippen LogP contribution is 2.20. The number of aryl methyl sites for hydroxylation is 1. The van der Waals surface area contributed by atoms with Crippen molar-refractivity contribution in [3.05, 3.63) is 30.1 Å². The van der Waals surface area contributed by atoms with Gasteiger partial charge in [0.15, 0.2) is 0 Å². The Morgan fingerprint density at radius 3 is 3.04 bits per heavy atom. The Bertz CT molecular complexity index is 725. The number of fused-ring (bicyclic) bond motifs is 2. The fourth-order valence-electron chi connectivity index (χ4n) is 3.73. The quantitative estimate of drug-likeness (QED) is 0.934. The number of nitrogens with zero attached hydrogens (tertiary/aromatic N) is 4. The summed E-state index contributed by atoms with van der Waals surface area (Å²) in [6, 6.07) is 8.76. The van der Waals surface area contributed by atoms with Crippen LogP contribution in [0.5, 0.6) is 0 Å². The highest BCUT2D eigenvalue weighted by Gasteiger charge is 2.35. The summed E-state index contributed by atoms with van der Waals surface area (Å²) in [5.41, 5.74) is 2.30. The summed E-state index contributed by atoms with van der Waals surface area (Å²) in [4.78, 5) is 21.0. The van der Waals surface area contributed by atoms with Crippen molar-refractivity contribution >= 4 is 17.1 Å². The lowest BCUT2D eigenvalue weighted by atomic mass is 10.2. The van der Waals surface area contributed by atoms with Gasteiger partial charge in [-0.05, 0) is 18.6 Å². The second kappa shape index (κ2) is 5.85. The standard InChI is InChI=1S/C17H23N5O/c1-2-7-22-15-6-4-3-5-14(15)19-16(22)12-20-8-9-21-13(11-20)10-18-17(21)23/h3-6,13H,2,7-12H2,1H3,(H,18,23)/t13-/m0/s1. The molecule has 23 heavy (non-hydrogen) atoms. The molecule has 6 nitrogen and oxygen atoms in total. The first-order chi connectivity index (χ1) is 11.3. The molecule has 0 bridgehead atoms.